The Balaban J connectivity index is 1.74. The summed E-state index contributed by atoms with van der Waals surface area (Å²) in [5.74, 6) is 0.672. The van der Waals surface area contributed by atoms with Crippen LogP contribution < -0.4 is 15.4 Å². The van der Waals surface area contributed by atoms with Gasteiger partial charge in [-0.2, -0.15) is 0 Å². The molecule has 1 fully saturated rings. The average molecular weight is 345 g/mol. The number of hydrogen-bond donors (Lipinski definition) is 3. The molecule has 1 aliphatic rings. The van der Waals surface area contributed by atoms with Gasteiger partial charge in [-0.1, -0.05) is 0 Å². The zero-order valence-corrected chi connectivity index (χ0v) is 14.4. The van der Waals surface area contributed by atoms with E-state index >= 15 is 0 Å². The standard InChI is InChI=1S/C14H23N3O3S2/c1-15-22(19,20)14-5-3-12(21-14)10-17-13(18)4-2-11-6-8-16-9-7-11/h3,5,11,15-16H,2,4,6-10H2,1H3,(H,17,18). The maximum Gasteiger partial charge on any atom is 0.249 e. The number of thiophene rings is 1. The molecule has 0 radical (unpaired) electrons. The van der Waals surface area contributed by atoms with Gasteiger partial charge in [0.25, 0.3) is 0 Å². The Morgan fingerprint density at radius 3 is 2.77 bits per heavy atom. The lowest BCUT2D eigenvalue weighted by Gasteiger charge is -2.22. The minimum atomic E-state index is -3.39. The fourth-order valence-corrected chi connectivity index (χ4v) is 4.61. The first-order valence-electron chi connectivity index (χ1n) is 7.51. The molecule has 6 nitrogen and oxygen atoms in total. The van der Waals surface area contributed by atoms with Crippen molar-refractivity contribution in [2.24, 2.45) is 5.92 Å². The third-order valence-corrected chi connectivity index (χ3v) is 6.86. The van der Waals surface area contributed by atoms with Crippen LogP contribution in [0.2, 0.25) is 0 Å². The molecule has 0 spiro atoms. The van der Waals surface area contributed by atoms with E-state index in [1.165, 1.54) is 18.4 Å². The normalized spacial score (nSPS) is 16.6. The molecule has 1 aliphatic heterocycles. The summed E-state index contributed by atoms with van der Waals surface area (Å²) in [6.07, 6.45) is 3.75. The van der Waals surface area contributed by atoms with Gasteiger partial charge in [0.1, 0.15) is 4.21 Å². The largest absolute Gasteiger partial charge is 0.351 e. The fraction of sp³-hybridized carbons (Fsp3) is 0.643. The van der Waals surface area contributed by atoms with Gasteiger partial charge in [-0.3, -0.25) is 4.79 Å². The third-order valence-electron chi connectivity index (χ3n) is 3.87. The lowest BCUT2D eigenvalue weighted by Crippen LogP contribution is -2.29. The molecule has 3 N–H and O–H groups in total. The van der Waals surface area contributed by atoms with E-state index in [1.54, 1.807) is 12.1 Å². The number of sulfonamides is 1. The molecule has 8 heteroatoms. The Morgan fingerprint density at radius 1 is 1.36 bits per heavy atom. The highest BCUT2D eigenvalue weighted by Gasteiger charge is 2.16. The van der Waals surface area contributed by atoms with Gasteiger partial charge >= 0.3 is 0 Å². The van der Waals surface area contributed by atoms with Gasteiger partial charge < -0.3 is 10.6 Å². The van der Waals surface area contributed by atoms with Crippen LogP contribution in [0.4, 0.5) is 0 Å². The van der Waals surface area contributed by atoms with Crippen LogP contribution in [0.25, 0.3) is 0 Å². The molecule has 1 saturated heterocycles. The molecule has 0 atom stereocenters. The van der Waals surface area contributed by atoms with E-state index in [0.717, 1.165) is 37.2 Å². The quantitative estimate of drug-likeness (QED) is 0.689. The van der Waals surface area contributed by atoms with E-state index in [1.807, 2.05) is 0 Å². The van der Waals surface area contributed by atoms with E-state index < -0.39 is 10.0 Å². The summed E-state index contributed by atoms with van der Waals surface area (Å²) in [7, 11) is -2.00. The summed E-state index contributed by atoms with van der Waals surface area (Å²) in [4.78, 5) is 12.7. The lowest BCUT2D eigenvalue weighted by atomic mass is 9.93. The first-order chi connectivity index (χ1) is 10.5. The van der Waals surface area contributed by atoms with Crippen LogP contribution in [0.15, 0.2) is 16.3 Å². The summed E-state index contributed by atoms with van der Waals surface area (Å²) in [6, 6.07) is 3.30. The zero-order valence-electron chi connectivity index (χ0n) is 12.7. The molecule has 1 aromatic heterocycles. The van der Waals surface area contributed by atoms with Gasteiger partial charge in [-0.05, 0) is 57.5 Å². The van der Waals surface area contributed by atoms with Crippen molar-refractivity contribution in [2.45, 2.75) is 36.4 Å². The second-order valence-corrected chi connectivity index (χ2v) is 8.72. The van der Waals surface area contributed by atoms with Crippen LogP contribution in [-0.2, 0) is 21.4 Å². The number of rotatable bonds is 7. The molecule has 0 aliphatic carbocycles. The molecule has 22 heavy (non-hydrogen) atoms. The van der Waals surface area contributed by atoms with Crippen LogP contribution in [0, 0.1) is 5.92 Å². The summed E-state index contributed by atoms with van der Waals surface area (Å²) in [5, 5.41) is 6.18. The number of piperidine rings is 1. The van der Waals surface area contributed by atoms with Crippen molar-refractivity contribution < 1.29 is 13.2 Å². The minimum Gasteiger partial charge on any atom is -0.351 e. The van der Waals surface area contributed by atoms with Gasteiger partial charge in [0.2, 0.25) is 15.9 Å². The predicted molar refractivity (Wildman–Crippen MR) is 87.2 cm³/mol. The van der Waals surface area contributed by atoms with Crippen LogP contribution in [0.3, 0.4) is 0 Å². The lowest BCUT2D eigenvalue weighted by molar-refractivity contribution is -0.121. The van der Waals surface area contributed by atoms with E-state index in [-0.39, 0.29) is 10.1 Å². The minimum absolute atomic E-state index is 0.0324. The topological polar surface area (TPSA) is 87.3 Å². The summed E-state index contributed by atoms with van der Waals surface area (Å²) in [6.45, 7) is 2.48. The fourth-order valence-electron chi connectivity index (χ4n) is 2.48. The van der Waals surface area contributed by atoms with Crippen LogP contribution in [-0.4, -0.2) is 34.5 Å². The highest BCUT2D eigenvalue weighted by atomic mass is 32.2. The van der Waals surface area contributed by atoms with Gasteiger partial charge in [-0.15, -0.1) is 11.3 Å². The molecule has 1 amide bonds. The van der Waals surface area contributed by atoms with Crippen molar-refractivity contribution in [1.29, 1.82) is 0 Å². The second-order valence-electron chi connectivity index (χ2n) is 5.44. The highest BCUT2D eigenvalue weighted by molar-refractivity contribution is 7.91. The smallest absolute Gasteiger partial charge is 0.249 e. The highest BCUT2D eigenvalue weighted by Crippen LogP contribution is 2.21. The van der Waals surface area contributed by atoms with Crippen molar-refractivity contribution in [3.05, 3.63) is 17.0 Å². The monoisotopic (exact) mass is 345 g/mol. The first-order valence-corrected chi connectivity index (χ1v) is 9.81. The molecule has 124 valence electrons. The molecule has 0 unspecified atom stereocenters. The maximum atomic E-state index is 11.9. The SMILES string of the molecule is CNS(=O)(=O)c1ccc(CNC(=O)CCC2CCNCC2)s1. The molecule has 0 saturated carbocycles. The van der Waals surface area contributed by atoms with Crippen molar-refractivity contribution in [1.82, 2.24) is 15.4 Å². The first kappa shape index (κ1) is 17.4. The number of carbonyl (C=O) groups excluding carboxylic acids is 1. The van der Waals surface area contributed by atoms with E-state index in [0.29, 0.717) is 18.9 Å². The summed E-state index contributed by atoms with van der Waals surface area (Å²) in [5.41, 5.74) is 0. The van der Waals surface area contributed by atoms with E-state index in [4.69, 9.17) is 0 Å². The Hall–Kier alpha value is -0.960. The van der Waals surface area contributed by atoms with Crippen LogP contribution in [0.5, 0.6) is 0 Å². The van der Waals surface area contributed by atoms with Gasteiger partial charge in [-0.25, -0.2) is 13.1 Å². The summed E-state index contributed by atoms with van der Waals surface area (Å²) < 4.78 is 25.8. The van der Waals surface area contributed by atoms with Gasteiger partial charge in [0.15, 0.2) is 0 Å². The van der Waals surface area contributed by atoms with E-state index in [9.17, 15) is 13.2 Å². The average Bonchev–Trinajstić information content (AvgIpc) is 3.02. The van der Waals surface area contributed by atoms with Gasteiger partial charge in [0.05, 0.1) is 6.54 Å². The molecule has 1 aromatic rings. The Labute approximate surface area is 135 Å². The number of nitrogens with one attached hydrogen (secondary N) is 3. The molecule has 2 heterocycles. The van der Waals surface area contributed by atoms with Crippen LogP contribution in [0.1, 0.15) is 30.6 Å². The molecular weight excluding hydrogens is 322 g/mol. The Kier molecular flexibility index (Phi) is 6.37. The van der Waals surface area contributed by atoms with Crippen LogP contribution >= 0.6 is 11.3 Å². The van der Waals surface area contributed by atoms with Crippen molar-refractivity contribution >= 4 is 27.3 Å². The van der Waals surface area contributed by atoms with Gasteiger partial charge in [0, 0.05) is 11.3 Å². The Morgan fingerprint density at radius 2 is 2.09 bits per heavy atom. The molecular formula is C14H23N3O3S2. The van der Waals surface area contributed by atoms with Crippen molar-refractivity contribution in [3.63, 3.8) is 0 Å². The maximum absolute atomic E-state index is 11.9. The second kappa shape index (κ2) is 8.05. The molecule has 0 aromatic carbocycles. The number of amides is 1. The van der Waals surface area contributed by atoms with Crippen molar-refractivity contribution in [2.75, 3.05) is 20.1 Å². The number of hydrogen-bond acceptors (Lipinski definition) is 5. The summed E-state index contributed by atoms with van der Waals surface area (Å²) >= 11 is 1.18. The zero-order chi connectivity index (χ0) is 16.0. The molecule has 0 bridgehead atoms. The Bertz CT molecular complexity index is 592. The third kappa shape index (κ3) is 5.05. The van der Waals surface area contributed by atoms with E-state index in [2.05, 4.69) is 15.4 Å². The predicted octanol–water partition coefficient (Wildman–Crippen LogP) is 1.05. The van der Waals surface area contributed by atoms with Crippen molar-refractivity contribution in [3.8, 4) is 0 Å². The molecule has 2 rings (SSSR count). The number of carbonyl (C=O) groups is 1.